The van der Waals surface area contributed by atoms with Gasteiger partial charge in [-0.25, -0.2) is 0 Å². The summed E-state index contributed by atoms with van der Waals surface area (Å²) >= 11 is 0. The van der Waals surface area contributed by atoms with Crippen molar-refractivity contribution in [1.82, 2.24) is 10.6 Å². The Morgan fingerprint density at radius 3 is 2.54 bits per heavy atom. The lowest BCUT2D eigenvalue weighted by Gasteiger charge is -2.49. The van der Waals surface area contributed by atoms with Crippen molar-refractivity contribution in [2.24, 2.45) is 0 Å². The molecule has 10 nitrogen and oxygen atoms in total. The monoisotopic (exact) mass is 496 g/mol. The second-order valence-corrected chi connectivity index (χ2v) is 8.50. The Morgan fingerprint density at radius 2 is 1.83 bits per heavy atom. The number of halogens is 3. The number of hydrogen-bond acceptors (Lipinski definition) is 8. The summed E-state index contributed by atoms with van der Waals surface area (Å²) in [5, 5.41) is 47.2. The van der Waals surface area contributed by atoms with Crippen LogP contribution in [0.25, 0.3) is 0 Å². The normalized spacial score (nSPS) is 29.1. The van der Waals surface area contributed by atoms with Crippen molar-refractivity contribution in [3.05, 3.63) is 52.6 Å². The first-order chi connectivity index (χ1) is 16.5. The number of phenolic OH excluding ortho intramolecular Hbond substituents is 1. The van der Waals surface area contributed by atoms with Gasteiger partial charge in [0, 0.05) is 11.5 Å². The average Bonchev–Trinajstić information content (AvgIpc) is 3.29. The number of fused-ring (bicyclic) bond motifs is 4. The zero-order chi connectivity index (χ0) is 25.2. The van der Waals surface area contributed by atoms with Gasteiger partial charge in [0.05, 0.1) is 23.2 Å². The van der Waals surface area contributed by atoms with E-state index in [0.717, 1.165) is 18.2 Å². The summed E-state index contributed by atoms with van der Waals surface area (Å²) in [4.78, 5) is 25.7. The highest BCUT2D eigenvalue weighted by molar-refractivity contribution is 6.02. The predicted octanol–water partition coefficient (Wildman–Crippen LogP) is 0.230. The summed E-state index contributed by atoms with van der Waals surface area (Å²) in [6, 6.07) is 2.36. The zero-order valence-electron chi connectivity index (χ0n) is 17.6. The van der Waals surface area contributed by atoms with Gasteiger partial charge in [-0.05, 0) is 29.8 Å². The second-order valence-electron chi connectivity index (χ2n) is 8.50. The molecule has 0 bridgehead atoms. The van der Waals surface area contributed by atoms with Gasteiger partial charge in [0.1, 0.15) is 18.3 Å². The molecule has 0 radical (unpaired) electrons. The zero-order valence-corrected chi connectivity index (χ0v) is 17.6. The van der Waals surface area contributed by atoms with Gasteiger partial charge >= 0.3 is 6.18 Å². The minimum Gasteiger partial charge on any atom is -0.504 e. The first-order valence-corrected chi connectivity index (χ1v) is 10.5. The number of benzene rings is 2. The van der Waals surface area contributed by atoms with Gasteiger partial charge in [0.25, 0.3) is 11.8 Å². The fraction of sp³-hybridized carbons (Fsp3) is 0.364. The van der Waals surface area contributed by atoms with Crippen LogP contribution >= 0.6 is 0 Å². The van der Waals surface area contributed by atoms with E-state index >= 15 is 0 Å². The first-order valence-electron chi connectivity index (χ1n) is 10.5. The summed E-state index contributed by atoms with van der Waals surface area (Å²) in [7, 11) is 0. The summed E-state index contributed by atoms with van der Waals surface area (Å²) in [5.74, 6) is -3.46. The molecule has 2 amide bonds. The average molecular weight is 496 g/mol. The minimum absolute atomic E-state index is 0.0766. The largest absolute Gasteiger partial charge is 0.504 e. The van der Waals surface area contributed by atoms with Crippen LogP contribution < -0.4 is 20.1 Å². The maximum atomic E-state index is 13.1. The van der Waals surface area contributed by atoms with Gasteiger partial charge in [0.15, 0.2) is 11.5 Å². The molecule has 1 saturated carbocycles. The Morgan fingerprint density at radius 1 is 1.09 bits per heavy atom. The van der Waals surface area contributed by atoms with Crippen LogP contribution in [0.1, 0.15) is 37.8 Å². The molecule has 186 valence electrons. The van der Waals surface area contributed by atoms with Crippen molar-refractivity contribution in [1.29, 1.82) is 0 Å². The summed E-state index contributed by atoms with van der Waals surface area (Å²) in [6.07, 6.45) is -9.95. The van der Waals surface area contributed by atoms with Gasteiger partial charge in [-0.15, -0.1) is 0 Å². The fourth-order valence-electron chi connectivity index (χ4n) is 4.85. The van der Waals surface area contributed by atoms with Crippen molar-refractivity contribution >= 4 is 11.8 Å². The van der Waals surface area contributed by atoms with E-state index in [4.69, 9.17) is 9.47 Å². The van der Waals surface area contributed by atoms with Crippen molar-refractivity contribution in [2.75, 3.05) is 6.79 Å². The third-order valence-corrected chi connectivity index (χ3v) is 6.51. The number of alkyl halides is 3. The van der Waals surface area contributed by atoms with E-state index in [-0.39, 0.29) is 35.0 Å². The SMILES string of the molecule is O=C(NC1C2c3cc4c(c(O)c3C(=O)N[C@H]2C(O)C(O)[C@H]1O)OCO4)c1cccc(C(F)(F)F)c1. The van der Waals surface area contributed by atoms with E-state index in [9.17, 15) is 43.2 Å². The van der Waals surface area contributed by atoms with Gasteiger partial charge in [0.2, 0.25) is 12.5 Å². The Bertz CT molecular complexity index is 1220. The Balaban J connectivity index is 1.57. The molecule has 1 fully saturated rings. The number of nitrogens with one attached hydrogen (secondary N) is 2. The number of amides is 2. The number of carbonyl (C=O) groups excluding carboxylic acids is 2. The molecule has 6 N–H and O–H groups in total. The van der Waals surface area contributed by atoms with Crippen LogP contribution in [0.3, 0.4) is 0 Å². The third-order valence-electron chi connectivity index (χ3n) is 6.51. The highest BCUT2D eigenvalue weighted by Crippen LogP contribution is 2.50. The molecule has 0 saturated heterocycles. The number of aliphatic hydroxyl groups is 3. The molecule has 4 unspecified atom stereocenters. The molecule has 1 aliphatic carbocycles. The lowest BCUT2D eigenvalue weighted by Crippen LogP contribution is -2.69. The predicted molar refractivity (Wildman–Crippen MR) is 109 cm³/mol. The van der Waals surface area contributed by atoms with Crippen LogP contribution in [-0.4, -0.2) is 69.4 Å². The van der Waals surface area contributed by atoms with Crippen LogP contribution in [-0.2, 0) is 6.18 Å². The maximum Gasteiger partial charge on any atom is 0.416 e. The van der Waals surface area contributed by atoms with E-state index in [1.165, 1.54) is 6.07 Å². The summed E-state index contributed by atoms with van der Waals surface area (Å²) in [6.45, 7) is -0.235. The lowest BCUT2D eigenvalue weighted by atomic mass is 9.68. The fourth-order valence-corrected chi connectivity index (χ4v) is 4.85. The first kappa shape index (κ1) is 23.2. The van der Waals surface area contributed by atoms with E-state index in [0.29, 0.717) is 6.07 Å². The number of aromatic hydroxyl groups is 1. The van der Waals surface area contributed by atoms with E-state index in [1.54, 1.807) is 0 Å². The third kappa shape index (κ3) is 3.63. The molecule has 0 aromatic heterocycles. The second kappa shape index (κ2) is 8.00. The van der Waals surface area contributed by atoms with Gasteiger partial charge in [-0.3, -0.25) is 9.59 Å². The number of rotatable bonds is 2. The molecule has 13 heteroatoms. The highest BCUT2D eigenvalue weighted by Gasteiger charge is 2.54. The molecule has 2 aromatic carbocycles. The van der Waals surface area contributed by atoms with Crippen molar-refractivity contribution in [3.8, 4) is 17.2 Å². The van der Waals surface area contributed by atoms with Crippen LogP contribution in [0.4, 0.5) is 13.2 Å². The van der Waals surface area contributed by atoms with Gasteiger partial charge in [-0.1, -0.05) is 6.07 Å². The van der Waals surface area contributed by atoms with E-state index in [1.807, 2.05) is 0 Å². The van der Waals surface area contributed by atoms with E-state index in [2.05, 4.69) is 10.6 Å². The number of aliphatic hydroxyl groups excluding tert-OH is 3. The number of carbonyl (C=O) groups is 2. The molecule has 2 aromatic rings. The maximum absolute atomic E-state index is 13.1. The topological polar surface area (TPSA) is 158 Å². The molecule has 2 aliphatic heterocycles. The molecular weight excluding hydrogens is 477 g/mol. The van der Waals surface area contributed by atoms with Crippen LogP contribution in [0.15, 0.2) is 30.3 Å². The number of hydrogen-bond donors (Lipinski definition) is 6. The van der Waals surface area contributed by atoms with E-state index < -0.39 is 65.6 Å². The quantitative estimate of drug-likeness (QED) is 0.345. The molecule has 35 heavy (non-hydrogen) atoms. The van der Waals surface area contributed by atoms with Crippen LogP contribution in [0.5, 0.6) is 17.2 Å². The van der Waals surface area contributed by atoms with Crippen molar-refractivity contribution in [3.63, 3.8) is 0 Å². The molecular formula is C22H19F3N2O8. The standard InChI is InChI=1S/C22H19F3N2O8/c23-22(24,25)8-3-1-2-7(4-8)20(32)26-13-11-9-5-10-19(35-6-34-10)15(28)12(9)21(33)27-14(11)17(30)18(31)16(13)29/h1-5,11,13-14,16-18,28-31H,6H2,(H,26,32)(H,27,33)/t11?,13?,14-,16+,17?,18?/m1/s1. The summed E-state index contributed by atoms with van der Waals surface area (Å²) < 4.78 is 49.8. The van der Waals surface area contributed by atoms with Crippen molar-refractivity contribution < 1.29 is 52.7 Å². The number of ether oxygens (including phenoxy) is 2. The molecule has 5 rings (SSSR count). The molecule has 0 spiro atoms. The van der Waals surface area contributed by atoms with Crippen molar-refractivity contribution in [2.45, 2.75) is 42.5 Å². The van der Waals surface area contributed by atoms with Gasteiger partial charge < -0.3 is 40.5 Å². The number of phenols is 1. The minimum atomic E-state index is -4.70. The van der Waals surface area contributed by atoms with Crippen LogP contribution in [0, 0.1) is 0 Å². The Labute approximate surface area is 194 Å². The Kier molecular flexibility index (Phi) is 5.30. The lowest BCUT2D eigenvalue weighted by molar-refractivity contribution is -0.137. The molecule has 6 atom stereocenters. The molecule has 2 heterocycles. The highest BCUT2D eigenvalue weighted by atomic mass is 19.4. The smallest absolute Gasteiger partial charge is 0.416 e. The summed E-state index contributed by atoms with van der Waals surface area (Å²) in [5.41, 5.74) is -1.59. The van der Waals surface area contributed by atoms with Gasteiger partial charge in [-0.2, -0.15) is 13.2 Å². The molecule has 3 aliphatic rings. The Hall–Kier alpha value is -3.55. The van der Waals surface area contributed by atoms with Crippen LogP contribution in [0.2, 0.25) is 0 Å².